The topological polar surface area (TPSA) is 80.3 Å². The van der Waals surface area contributed by atoms with Crippen LogP contribution in [0.5, 0.6) is 0 Å². The fourth-order valence-electron chi connectivity index (χ4n) is 4.37. The molecule has 1 fully saturated rings. The van der Waals surface area contributed by atoms with Gasteiger partial charge in [0.1, 0.15) is 0 Å². The zero-order valence-electron chi connectivity index (χ0n) is 19.1. The van der Waals surface area contributed by atoms with Crippen LogP contribution < -0.4 is 10.6 Å². The SMILES string of the molecule is CNC(=O)c1ccc(-c2ccc(CNC(=O)C3(c4ccccc4)CCOCC3)cc2)nc1C. The molecular formula is C27H29N3O3. The molecule has 1 saturated heterocycles. The van der Waals surface area contributed by atoms with Crippen LogP contribution in [0.1, 0.15) is 40.0 Å². The number of hydrogen-bond acceptors (Lipinski definition) is 4. The Morgan fingerprint density at radius 2 is 1.67 bits per heavy atom. The van der Waals surface area contributed by atoms with Crippen LogP contribution in [-0.2, 0) is 21.5 Å². The van der Waals surface area contributed by atoms with Crippen molar-refractivity contribution in [3.63, 3.8) is 0 Å². The molecular weight excluding hydrogens is 414 g/mol. The molecule has 4 rings (SSSR count). The van der Waals surface area contributed by atoms with Crippen molar-refractivity contribution in [1.82, 2.24) is 15.6 Å². The van der Waals surface area contributed by atoms with E-state index in [9.17, 15) is 9.59 Å². The summed E-state index contributed by atoms with van der Waals surface area (Å²) in [5.41, 5.74) is 4.53. The van der Waals surface area contributed by atoms with Gasteiger partial charge in [0.25, 0.3) is 5.91 Å². The summed E-state index contributed by atoms with van der Waals surface area (Å²) in [4.78, 5) is 29.8. The molecule has 33 heavy (non-hydrogen) atoms. The van der Waals surface area contributed by atoms with Crippen LogP contribution in [0.25, 0.3) is 11.3 Å². The number of hydrogen-bond donors (Lipinski definition) is 2. The maximum absolute atomic E-state index is 13.3. The second-order valence-electron chi connectivity index (χ2n) is 8.35. The second-order valence-corrected chi connectivity index (χ2v) is 8.35. The maximum Gasteiger partial charge on any atom is 0.252 e. The Bertz CT molecular complexity index is 1120. The van der Waals surface area contributed by atoms with Crippen molar-refractivity contribution < 1.29 is 14.3 Å². The molecule has 0 bridgehead atoms. The van der Waals surface area contributed by atoms with Gasteiger partial charge in [0.2, 0.25) is 5.91 Å². The second kappa shape index (κ2) is 9.96. The van der Waals surface area contributed by atoms with Crippen LogP contribution in [0.2, 0.25) is 0 Å². The van der Waals surface area contributed by atoms with Gasteiger partial charge in [-0.25, -0.2) is 0 Å². The molecule has 2 aromatic carbocycles. The smallest absolute Gasteiger partial charge is 0.252 e. The normalized spacial score (nSPS) is 15.0. The molecule has 3 aromatic rings. The third kappa shape index (κ3) is 4.81. The summed E-state index contributed by atoms with van der Waals surface area (Å²) in [7, 11) is 1.61. The molecule has 6 nitrogen and oxygen atoms in total. The molecule has 0 saturated carbocycles. The summed E-state index contributed by atoms with van der Waals surface area (Å²) in [6.07, 6.45) is 1.36. The molecule has 0 radical (unpaired) electrons. The van der Waals surface area contributed by atoms with Crippen LogP contribution in [0, 0.1) is 6.92 Å². The standard InChI is InChI=1S/C27H29N3O3/c1-19-23(25(31)28-2)12-13-24(30-19)21-10-8-20(9-11-21)18-29-26(32)27(14-16-33-17-15-27)22-6-4-3-5-7-22/h3-13H,14-18H2,1-2H3,(H,28,31)(H,29,32). The Balaban J connectivity index is 1.45. The number of carbonyl (C=O) groups is 2. The molecule has 1 aromatic heterocycles. The molecule has 0 unspecified atom stereocenters. The van der Waals surface area contributed by atoms with Crippen molar-refractivity contribution in [2.24, 2.45) is 0 Å². The van der Waals surface area contributed by atoms with Crippen molar-refractivity contribution in [3.8, 4) is 11.3 Å². The number of benzene rings is 2. The highest BCUT2D eigenvalue weighted by atomic mass is 16.5. The lowest BCUT2D eigenvalue weighted by Gasteiger charge is -2.36. The fourth-order valence-corrected chi connectivity index (χ4v) is 4.37. The van der Waals surface area contributed by atoms with Crippen molar-refractivity contribution >= 4 is 11.8 Å². The van der Waals surface area contributed by atoms with Gasteiger partial charge >= 0.3 is 0 Å². The highest BCUT2D eigenvalue weighted by molar-refractivity contribution is 5.95. The Kier molecular flexibility index (Phi) is 6.84. The van der Waals surface area contributed by atoms with Crippen LogP contribution in [0.15, 0.2) is 66.7 Å². The molecule has 6 heteroatoms. The first kappa shape index (κ1) is 22.7. The van der Waals surface area contributed by atoms with Gasteiger partial charge in [0.05, 0.1) is 22.4 Å². The predicted octanol–water partition coefficient (Wildman–Crippen LogP) is 3.78. The van der Waals surface area contributed by atoms with E-state index in [0.717, 1.165) is 22.4 Å². The van der Waals surface area contributed by atoms with Crippen LogP contribution in [0.4, 0.5) is 0 Å². The number of rotatable bonds is 6. The van der Waals surface area contributed by atoms with Crippen molar-refractivity contribution in [1.29, 1.82) is 0 Å². The molecule has 170 valence electrons. The highest BCUT2D eigenvalue weighted by Crippen LogP contribution is 2.35. The Morgan fingerprint density at radius 3 is 2.30 bits per heavy atom. The van der Waals surface area contributed by atoms with E-state index in [-0.39, 0.29) is 11.8 Å². The third-order valence-corrected chi connectivity index (χ3v) is 6.37. The van der Waals surface area contributed by atoms with Gasteiger partial charge in [-0.3, -0.25) is 14.6 Å². The van der Waals surface area contributed by atoms with E-state index in [1.807, 2.05) is 67.6 Å². The number of carbonyl (C=O) groups excluding carboxylic acids is 2. The summed E-state index contributed by atoms with van der Waals surface area (Å²) in [6.45, 7) is 3.46. The minimum Gasteiger partial charge on any atom is -0.381 e. The van der Waals surface area contributed by atoms with Crippen molar-refractivity contribution in [2.75, 3.05) is 20.3 Å². The van der Waals surface area contributed by atoms with Gasteiger partial charge in [-0.05, 0) is 43.0 Å². The lowest BCUT2D eigenvalue weighted by atomic mass is 9.73. The third-order valence-electron chi connectivity index (χ3n) is 6.37. The largest absolute Gasteiger partial charge is 0.381 e. The number of aromatic nitrogens is 1. The van der Waals surface area contributed by atoms with E-state index in [2.05, 4.69) is 15.6 Å². The quantitative estimate of drug-likeness (QED) is 0.608. The Labute approximate surface area is 194 Å². The van der Waals surface area contributed by atoms with Gasteiger partial charge < -0.3 is 15.4 Å². The average molecular weight is 444 g/mol. The molecule has 2 heterocycles. The average Bonchev–Trinajstić information content (AvgIpc) is 2.88. The summed E-state index contributed by atoms with van der Waals surface area (Å²) in [6, 6.07) is 21.6. The van der Waals surface area contributed by atoms with E-state index in [1.54, 1.807) is 13.1 Å². The molecule has 2 amide bonds. The predicted molar refractivity (Wildman–Crippen MR) is 128 cm³/mol. The monoisotopic (exact) mass is 443 g/mol. The Hall–Kier alpha value is -3.51. The van der Waals surface area contributed by atoms with Gasteiger partial charge in [0.15, 0.2) is 0 Å². The van der Waals surface area contributed by atoms with Crippen LogP contribution in [-0.4, -0.2) is 37.1 Å². The van der Waals surface area contributed by atoms with Gasteiger partial charge in [0, 0.05) is 32.4 Å². The van der Waals surface area contributed by atoms with E-state index in [4.69, 9.17) is 4.74 Å². The van der Waals surface area contributed by atoms with Gasteiger partial charge in [-0.15, -0.1) is 0 Å². The molecule has 0 aliphatic carbocycles. The van der Waals surface area contributed by atoms with E-state index >= 15 is 0 Å². The number of nitrogens with one attached hydrogen (secondary N) is 2. The lowest BCUT2D eigenvalue weighted by Crippen LogP contribution is -2.47. The lowest BCUT2D eigenvalue weighted by molar-refractivity contribution is -0.130. The minimum absolute atomic E-state index is 0.0446. The summed E-state index contributed by atoms with van der Waals surface area (Å²) >= 11 is 0. The zero-order valence-corrected chi connectivity index (χ0v) is 19.1. The molecule has 1 aliphatic rings. The van der Waals surface area contributed by atoms with Crippen LogP contribution in [0.3, 0.4) is 0 Å². The number of aryl methyl sites for hydroxylation is 1. The molecule has 0 atom stereocenters. The van der Waals surface area contributed by atoms with E-state index < -0.39 is 5.41 Å². The number of nitrogens with zero attached hydrogens (tertiary/aromatic N) is 1. The zero-order chi connectivity index (χ0) is 23.3. The maximum atomic E-state index is 13.3. The number of pyridine rings is 1. The van der Waals surface area contributed by atoms with Crippen molar-refractivity contribution in [2.45, 2.75) is 31.7 Å². The number of amides is 2. The fraction of sp³-hybridized carbons (Fsp3) is 0.296. The van der Waals surface area contributed by atoms with E-state index in [0.29, 0.717) is 43.9 Å². The molecule has 1 aliphatic heterocycles. The minimum atomic E-state index is -0.548. The van der Waals surface area contributed by atoms with Gasteiger partial charge in [-0.2, -0.15) is 0 Å². The summed E-state index contributed by atoms with van der Waals surface area (Å²) in [5.74, 6) is -0.0985. The van der Waals surface area contributed by atoms with Crippen LogP contribution >= 0.6 is 0 Å². The summed E-state index contributed by atoms with van der Waals surface area (Å²) in [5, 5.41) is 5.78. The highest BCUT2D eigenvalue weighted by Gasteiger charge is 2.41. The first-order valence-corrected chi connectivity index (χ1v) is 11.2. The molecule has 2 N–H and O–H groups in total. The first-order chi connectivity index (χ1) is 16.0. The first-order valence-electron chi connectivity index (χ1n) is 11.2. The molecule has 0 spiro atoms. The number of ether oxygens (including phenoxy) is 1. The summed E-state index contributed by atoms with van der Waals surface area (Å²) < 4.78 is 5.54. The van der Waals surface area contributed by atoms with E-state index in [1.165, 1.54) is 0 Å². The van der Waals surface area contributed by atoms with Gasteiger partial charge in [-0.1, -0.05) is 54.6 Å². The van der Waals surface area contributed by atoms with Crippen molar-refractivity contribution in [3.05, 3.63) is 89.1 Å². The Morgan fingerprint density at radius 1 is 0.970 bits per heavy atom.